The zero-order chi connectivity index (χ0) is 29.4. The molecular formula is C35H36Cl2N2O2. The van der Waals surface area contributed by atoms with Gasteiger partial charge in [0.05, 0.1) is 10.0 Å². The first kappa shape index (κ1) is 30.4. The first-order chi connectivity index (χ1) is 19.6. The van der Waals surface area contributed by atoms with Crippen LogP contribution in [0.2, 0.25) is 10.0 Å². The molecule has 0 bridgehead atoms. The van der Waals surface area contributed by atoms with Gasteiger partial charge in [-0.3, -0.25) is 9.59 Å². The van der Waals surface area contributed by atoms with E-state index < -0.39 is 11.6 Å². The second kappa shape index (κ2) is 13.8. The van der Waals surface area contributed by atoms with Gasteiger partial charge in [-0.25, -0.2) is 0 Å². The van der Waals surface area contributed by atoms with Gasteiger partial charge < -0.3 is 10.2 Å². The molecule has 4 nitrogen and oxygen atoms in total. The Labute approximate surface area is 253 Å². The number of halogens is 2. The van der Waals surface area contributed by atoms with Crippen molar-refractivity contribution in [3.05, 3.63) is 141 Å². The minimum atomic E-state index is -0.745. The molecule has 0 aliphatic rings. The largest absolute Gasteiger partial charge is 0.350 e. The first-order valence-electron chi connectivity index (χ1n) is 13.8. The molecule has 0 unspecified atom stereocenters. The lowest BCUT2D eigenvalue weighted by Gasteiger charge is -2.35. The molecule has 212 valence electrons. The molecule has 0 spiro atoms. The van der Waals surface area contributed by atoms with Crippen molar-refractivity contribution < 1.29 is 9.59 Å². The highest BCUT2D eigenvalue weighted by molar-refractivity contribution is 6.42. The molecule has 0 aliphatic carbocycles. The van der Waals surface area contributed by atoms with Gasteiger partial charge in [0.2, 0.25) is 11.8 Å². The molecule has 1 N–H and O–H groups in total. The second-order valence-corrected chi connectivity index (χ2v) is 12.1. The molecule has 41 heavy (non-hydrogen) atoms. The van der Waals surface area contributed by atoms with Gasteiger partial charge >= 0.3 is 0 Å². The maximum absolute atomic E-state index is 14.4. The quantitative estimate of drug-likeness (QED) is 0.204. The van der Waals surface area contributed by atoms with E-state index in [0.29, 0.717) is 16.5 Å². The third-order valence-corrected chi connectivity index (χ3v) is 7.63. The SMILES string of the molecule is CC(C)(C)NC(=O)[C@@H](Cc1ccccc1)N(Cc1ccc(Cl)c(Cl)c1)C(=O)CC(c1ccccc1)c1ccccc1. The Balaban J connectivity index is 1.76. The highest BCUT2D eigenvalue weighted by Crippen LogP contribution is 2.30. The Hall–Kier alpha value is -3.60. The predicted molar refractivity (Wildman–Crippen MR) is 168 cm³/mol. The van der Waals surface area contributed by atoms with Gasteiger partial charge in [-0.05, 0) is 55.2 Å². The molecule has 0 saturated heterocycles. The fraction of sp³-hybridized carbons (Fsp3) is 0.257. The van der Waals surface area contributed by atoms with Crippen LogP contribution in [0.5, 0.6) is 0 Å². The molecule has 6 heteroatoms. The summed E-state index contributed by atoms with van der Waals surface area (Å²) < 4.78 is 0. The van der Waals surface area contributed by atoms with Crippen LogP contribution < -0.4 is 5.32 Å². The number of hydrogen-bond acceptors (Lipinski definition) is 2. The van der Waals surface area contributed by atoms with Crippen molar-refractivity contribution in [2.45, 2.75) is 57.7 Å². The van der Waals surface area contributed by atoms with Crippen LogP contribution in [-0.4, -0.2) is 28.3 Å². The maximum atomic E-state index is 14.4. The van der Waals surface area contributed by atoms with E-state index in [1.807, 2.05) is 118 Å². The maximum Gasteiger partial charge on any atom is 0.243 e. The van der Waals surface area contributed by atoms with Gasteiger partial charge in [-0.2, -0.15) is 0 Å². The lowest BCUT2D eigenvalue weighted by atomic mass is 9.87. The monoisotopic (exact) mass is 586 g/mol. The minimum absolute atomic E-state index is 0.126. The van der Waals surface area contributed by atoms with Crippen LogP contribution in [0.4, 0.5) is 0 Å². The number of rotatable bonds is 10. The molecule has 2 amide bonds. The predicted octanol–water partition coefficient (Wildman–Crippen LogP) is 8.07. The Morgan fingerprint density at radius 1 is 0.732 bits per heavy atom. The topological polar surface area (TPSA) is 49.4 Å². The number of hydrogen-bond donors (Lipinski definition) is 1. The third-order valence-electron chi connectivity index (χ3n) is 6.89. The summed E-state index contributed by atoms with van der Waals surface area (Å²) in [6, 6.07) is 34.4. The van der Waals surface area contributed by atoms with Crippen LogP contribution in [0.3, 0.4) is 0 Å². The summed E-state index contributed by atoms with van der Waals surface area (Å²) in [5.41, 5.74) is 3.38. The van der Waals surface area contributed by atoms with Gasteiger partial charge in [0, 0.05) is 30.8 Å². The molecule has 4 aromatic rings. The molecule has 0 aromatic heterocycles. The van der Waals surface area contributed by atoms with Crippen LogP contribution in [0.25, 0.3) is 0 Å². The third kappa shape index (κ3) is 8.69. The fourth-order valence-corrected chi connectivity index (χ4v) is 5.25. The van der Waals surface area contributed by atoms with Gasteiger partial charge in [-0.1, -0.05) is 120 Å². The summed E-state index contributed by atoms with van der Waals surface area (Å²) in [4.78, 5) is 30.0. The molecule has 1 atom stereocenters. The zero-order valence-electron chi connectivity index (χ0n) is 23.7. The summed E-state index contributed by atoms with van der Waals surface area (Å²) in [6.07, 6.45) is 0.570. The Kier molecular flexibility index (Phi) is 10.3. The van der Waals surface area contributed by atoms with Gasteiger partial charge in [0.15, 0.2) is 0 Å². The number of nitrogens with one attached hydrogen (secondary N) is 1. The van der Waals surface area contributed by atoms with Crippen LogP contribution in [0.1, 0.15) is 55.4 Å². The molecular weight excluding hydrogens is 551 g/mol. The van der Waals surface area contributed by atoms with Crippen molar-refractivity contribution in [2.75, 3.05) is 0 Å². The van der Waals surface area contributed by atoms with E-state index >= 15 is 0 Å². The second-order valence-electron chi connectivity index (χ2n) is 11.3. The van der Waals surface area contributed by atoms with Crippen molar-refractivity contribution >= 4 is 35.0 Å². The average molecular weight is 588 g/mol. The van der Waals surface area contributed by atoms with E-state index in [4.69, 9.17) is 23.2 Å². The molecule has 4 rings (SSSR count). The van der Waals surface area contributed by atoms with Crippen molar-refractivity contribution in [3.8, 4) is 0 Å². The molecule has 0 aliphatic heterocycles. The van der Waals surface area contributed by atoms with Gasteiger partial charge in [-0.15, -0.1) is 0 Å². The van der Waals surface area contributed by atoms with Crippen LogP contribution in [0, 0.1) is 0 Å². The summed E-state index contributed by atoms with van der Waals surface area (Å²) >= 11 is 12.6. The number of amides is 2. The van der Waals surface area contributed by atoms with E-state index in [1.54, 1.807) is 17.0 Å². The number of carbonyl (C=O) groups excluding carboxylic acids is 2. The average Bonchev–Trinajstić information content (AvgIpc) is 2.96. The lowest BCUT2D eigenvalue weighted by molar-refractivity contribution is -0.142. The summed E-state index contributed by atoms with van der Waals surface area (Å²) in [6.45, 7) is 6.03. The molecule has 0 heterocycles. The van der Waals surface area contributed by atoms with Crippen molar-refractivity contribution in [1.82, 2.24) is 10.2 Å². The van der Waals surface area contributed by atoms with Crippen molar-refractivity contribution in [3.63, 3.8) is 0 Å². The highest BCUT2D eigenvalue weighted by Gasteiger charge is 2.33. The smallest absolute Gasteiger partial charge is 0.243 e. The molecule has 4 aromatic carbocycles. The summed E-state index contributed by atoms with van der Waals surface area (Å²) in [7, 11) is 0. The Morgan fingerprint density at radius 3 is 1.78 bits per heavy atom. The number of nitrogens with zero attached hydrogens (tertiary/aromatic N) is 1. The number of benzene rings is 4. The highest BCUT2D eigenvalue weighted by atomic mass is 35.5. The molecule has 0 saturated carbocycles. The van der Waals surface area contributed by atoms with Gasteiger partial charge in [0.1, 0.15) is 6.04 Å². The Morgan fingerprint density at radius 2 is 1.27 bits per heavy atom. The van der Waals surface area contributed by atoms with E-state index in [1.165, 1.54) is 0 Å². The summed E-state index contributed by atoms with van der Waals surface area (Å²) in [5, 5.41) is 3.96. The Bertz CT molecular complexity index is 1400. The van der Waals surface area contributed by atoms with E-state index in [-0.39, 0.29) is 30.7 Å². The van der Waals surface area contributed by atoms with E-state index in [9.17, 15) is 9.59 Å². The summed E-state index contributed by atoms with van der Waals surface area (Å²) in [5.74, 6) is -0.506. The van der Waals surface area contributed by atoms with Crippen molar-refractivity contribution in [2.24, 2.45) is 0 Å². The number of carbonyl (C=O) groups is 2. The van der Waals surface area contributed by atoms with Crippen LogP contribution >= 0.6 is 23.2 Å². The molecule has 0 radical (unpaired) electrons. The fourth-order valence-electron chi connectivity index (χ4n) is 4.93. The zero-order valence-corrected chi connectivity index (χ0v) is 25.2. The van der Waals surface area contributed by atoms with Gasteiger partial charge in [0.25, 0.3) is 0 Å². The van der Waals surface area contributed by atoms with E-state index in [2.05, 4.69) is 5.32 Å². The van der Waals surface area contributed by atoms with Crippen molar-refractivity contribution in [1.29, 1.82) is 0 Å². The van der Waals surface area contributed by atoms with Crippen LogP contribution in [-0.2, 0) is 22.6 Å². The van der Waals surface area contributed by atoms with Crippen LogP contribution in [0.15, 0.2) is 109 Å². The molecule has 0 fully saturated rings. The standard InChI is InChI=1S/C35H36Cl2N2O2/c1-35(2,3)38-34(41)32(22-25-13-7-4-8-14-25)39(24-26-19-20-30(36)31(37)21-26)33(40)23-29(27-15-9-5-10-16-27)28-17-11-6-12-18-28/h4-21,29,32H,22-24H2,1-3H3,(H,38,41)/t32-/m1/s1. The normalized spacial score (nSPS) is 12.1. The lowest BCUT2D eigenvalue weighted by Crippen LogP contribution is -2.54. The van der Waals surface area contributed by atoms with E-state index in [0.717, 1.165) is 22.3 Å². The minimum Gasteiger partial charge on any atom is -0.350 e. The first-order valence-corrected chi connectivity index (χ1v) is 14.6.